The second kappa shape index (κ2) is 4.14. The first kappa shape index (κ1) is 8.28. The number of aryl methyl sites for hydroxylation is 1. The van der Waals surface area contributed by atoms with Gasteiger partial charge < -0.3 is 0 Å². The summed E-state index contributed by atoms with van der Waals surface area (Å²) in [6.45, 7) is 2.19. The van der Waals surface area contributed by atoms with Gasteiger partial charge in [0.2, 0.25) is 0 Å². The molecule has 0 aliphatic rings. The Morgan fingerprint density at radius 2 is 2.50 bits per heavy atom. The smallest absolute Gasteiger partial charge is 0.0121 e. The number of hydrogen-bond acceptors (Lipinski definition) is 1. The van der Waals surface area contributed by atoms with Crippen molar-refractivity contribution < 1.29 is 0 Å². The fourth-order valence-corrected chi connectivity index (χ4v) is 1.75. The molecule has 1 aromatic heterocycles. The van der Waals surface area contributed by atoms with Gasteiger partial charge in [-0.05, 0) is 24.3 Å². The first-order chi connectivity index (χ1) is 4.79. The zero-order chi connectivity index (χ0) is 7.40. The number of alkyl halides is 1. The SMILES string of the molecule is CC(Br)CCc1cccs1. The van der Waals surface area contributed by atoms with Crippen molar-refractivity contribution in [1.29, 1.82) is 0 Å². The van der Waals surface area contributed by atoms with Gasteiger partial charge in [-0.2, -0.15) is 0 Å². The lowest BCUT2D eigenvalue weighted by Crippen LogP contribution is -1.91. The van der Waals surface area contributed by atoms with Crippen molar-refractivity contribution in [3.63, 3.8) is 0 Å². The molecule has 1 unspecified atom stereocenters. The van der Waals surface area contributed by atoms with Crippen LogP contribution >= 0.6 is 27.3 Å². The highest BCUT2D eigenvalue weighted by Gasteiger charge is 1.97. The highest BCUT2D eigenvalue weighted by atomic mass is 79.9. The third-order valence-corrected chi connectivity index (χ3v) is 2.76. The molecule has 0 aliphatic carbocycles. The van der Waals surface area contributed by atoms with E-state index in [-0.39, 0.29) is 0 Å². The lowest BCUT2D eigenvalue weighted by molar-refractivity contribution is 0.832. The standard InChI is InChI=1S/C8H11BrS/c1-7(9)4-5-8-3-2-6-10-8/h2-3,6-7H,4-5H2,1H3. The third-order valence-electron chi connectivity index (χ3n) is 1.37. The van der Waals surface area contributed by atoms with Crippen molar-refractivity contribution in [2.45, 2.75) is 24.6 Å². The molecule has 0 fully saturated rings. The van der Waals surface area contributed by atoms with E-state index >= 15 is 0 Å². The molecule has 1 rings (SSSR count). The molecule has 1 atom stereocenters. The Labute approximate surface area is 74.4 Å². The maximum atomic E-state index is 3.52. The largest absolute Gasteiger partial charge is 0.149 e. The Morgan fingerprint density at radius 1 is 1.70 bits per heavy atom. The van der Waals surface area contributed by atoms with Crippen molar-refractivity contribution in [3.8, 4) is 0 Å². The molecule has 0 aromatic carbocycles. The first-order valence-corrected chi connectivity index (χ1v) is 5.25. The second-order valence-corrected chi connectivity index (χ2v) is 4.99. The van der Waals surface area contributed by atoms with Gasteiger partial charge in [0, 0.05) is 9.70 Å². The maximum Gasteiger partial charge on any atom is 0.0121 e. The van der Waals surface area contributed by atoms with Crippen molar-refractivity contribution >= 4 is 27.3 Å². The lowest BCUT2D eigenvalue weighted by atomic mass is 10.2. The summed E-state index contributed by atoms with van der Waals surface area (Å²) in [5.41, 5.74) is 0. The van der Waals surface area contributed by atoms with E-state index in [1.165, 1.54) is 17.7 Å². The van der Waals surface area contributed by atoms with E-state index < -0.39 is 0 Å². The maximum absolute atomic E-state index is 3.52. The number of rotatable bonds is 3. The van der Waals surface area contributed by atoms with E-state index in [4.69, 9.17) is 0 Å². The molecule has 10 heavy (non-hydrogen) atoms. The highest BCUT2D eigenvalue weighted by molar-refractivity contribution is 9.09. The molecule has 1 aromatic rings. The van der Waals surface area contributed by atoms with Gasteiger partial charge in [0.05, 0.1) is 0 Å². The summed E-state index contributed by atoms with van der Waals surface area (Å²) in [4.78, 5) is 2.14. The molecule has 0 amide bonds. The number of thiophene rings is 1. The van der Waals surface area contributed by atoms with Crippen LogP contribution in [0.1, 0.15) is 18.2 Å². The van der Waals surface area contributed by atoms with E-state index in [0.29, 0.717) is 4.83 Å². The molecule has 0 aliphatic heterocycles. The Kier molecular flexibility index (Phi) is 3.43. The Hall–Kier alpha value is 0.180. The predicted octanol–water partition coefficient (Wildman–Crippen LogP) is 3.46. The molecule has 56 valence electrons. The summed E-state index contributed by atoms with van der Waals surface area (Å²) >= 11 is 5.37. The summed E-state index contributed by atoms with van der Waals surface area (Å²) in [5, 5.41) is 2.13. The summed E-state index contributed by atoms with van der Waals surface area (Å²) in [7, 11) is 0. The van der Waals surface area contributed by atoms with Gasteiger partial charge in [0.25, 0.3) is 0 Å². The van der Waals surface area contributed by atoms with Crippen LogP contribution in [-0.2, 0) is 6.42 Å². The molecule has 0 spiro atoms. The van der Waals surface area contributed by atoms with Crippen LogP contribution < -0.4 is 0 Å². The molecule has 1 heterocycles. The lowest BCUT2D eigenvalue weighted by Gasteiger charge is -1.98. The number of halogens is 1. The van der Waals surface area contributed by atoms with E-state index in [2.05, 4.69) is 40.4 Å². The van der Waals surface area contributed by atoms with E-state index in [1.54, 1.807) is 0 Å². The van der Waals surface area contributed by atoms with Crippen molar-refractivity contribution in [1.82, 2.24) is 0 Å². The summed E-state index contributed by atoms with van der Waals surface area (Å²) < 4.78 is 0. The van der Waals surface area contributed by atoms with Crippen LogP contribution in [0.25, 0.3) is 0 Å². The molecule has 0 N–H and O–H groups in total. The monoisotopic (exact) mass is 218 g/mol. The molecular weight excluding hydrogens is 208 g/mol. The van der Waals surface area contributed by atoms with E-state index in [0.717, 1.165) is 0 Å². The molecule has 0 radical (unpaired) electrons. The minimum atomic E-state index is 0.648. The average molecular weight is 219 g/mol. The van der Waals surface area contributed by atoms with Gasteiger partial charge in [0.1, 0.15) is 0 Å². The second-order valence-electron chi connectivity index (χ2n) is 2.40. The van der Waals surface area contributed by atoms with Crippen LogP contribution in [0.2, 0.25) is 0 Å². The molecule has 0 bridgehead atoms. The Morgan fingerprint density at radius 3 is 3.00 bits per heavy atom. The minimum Gasteiger partial charge on any atom is -0.149 e. The van der Waals surface area contributed by atoms with Crippen LogP contribution in [-0.4, -0.2) is 4.83 Å². The third kappa shape index (κ3) is 2.84. The fraction of sp³-hybridized carbons (Fsp3) is 0.500. The van der Waals surface area contributed by atoms with Crippen LogP contribution in [0, 0.1) is 0 Å². The van der Waals surface area contributed by atoms with Gasteiger partial charge in [0.15, 0.2) is 0 Å². The molecule has 0 nitrogen and oxygen atoms in total. The highest BCUT2D eigenvalue weighted by Crippen LogP contribution is 2.14. The molecular formula is C8H11BrS. The van der Waals surface area contributed by atoms with Crippen LogP contribution in [0.5, 0.6) is 0 Å². The average Bonchev–Trinajstić information content (AvgIpc) is 2.34. The zero-order valence-electron chi connectivity index (χ0n) is 6.01. The molecule has 2 heteroatoms. The Balaban J connectivity index is 2.28. The van der Waals surface area contributed by atoms with Crippen molar-refractivity contribution in [2.75, 3.05) is 0 Å². The topological polar surface area (TPSA) is 0 Å². The van der Waals surface area contributed by atoms with Crippen LogP contribution in [0.4, 0.5) is 0 Å². The van der Waals surface area contributed by atoms with Gasteiger partial charge in [-0.25, -0.2) is 0 Å². The zero-order valence-corrected chi connectivity index (χ0v) is 8.41. The normalized spacial score (nSPS) is 13.4. The minimum absolute atomic E-state index is 0.648. The van der Waals surface area contributed by atoms with E-state index in [1.807, 2.05) is 11.3 Å². The summed E-state index contributed by atoms with van der Waals surface area (Å²) in [6.07, 6.45) is 2.45. The first-order valence-electron chi connectivity index (χ1n) is 3.45. The summed E-state index contributed by atoms with van der Waals surface area (Å²) in [5.74, 6) is 0. The fourth-order valence-electron chi connectivity index (χ4n) is 0.796. The quantitative estimate of drug-likeness (QED) is 0.683. The van der Waals surface area contributed by atoms with Gasteiger partial charge in [-0.3, -0.25) is 0 Å². The van der Waals surface area contributed by atoms with Crippen LogP contribution in [0.15, 0.2) is 17.5 Å². The van der Waals surface area contributed by atoms with Gasteiger partial charge in [-0.1, -0.05) is 28.9 Å². The Bertz CT molecular complexity index is 167. The van der Waals surface area contributed by atoms with Crippen LogP contribution in [0.3, 0.4) is 0 Å². The van der Waals surface area contributed by atoms with E-state index in [9.17, 15) is 0 Å². The van der Waals surface area contributed by atoms with Gasteiger partial charge >= 0.3 is 0 Å². The molecule has 0 saturated heterocycles. The van der Waals surface area contributed by atoms with Crippen molar-refractivity contribution in [3.05, 3.63) is 22.4 Å². The predicted molar refractivity (Wildman–Crippen MR) is 51.0 cm³/mol. The van der Waals surface area contributed by atoms with Crippen molar-refractivity contribution in [2.24, 2.45) is 0 Å². The number of hydrogen-bond donors (Lipinski definition) is 0. The molecule has 0 saturated carbocycles. The summed E-state index contributed by atoms with van der Waals surface area (Å²) in [6, 6.07) is 4.30. The van der Waals surface area contributed by atoms with Gasteiger partial charge in [-0.15, -0.1) is 11.3 Å².